The molecule has 0 saturated heterocycles. The first-order valence-corrected chi connectivity index (χ1v) is 8.94. The van der Waals surface area contributed by atoms with E-state index in [1.165, 1.54) is 30.2 Å². The van der Waals surface area contributed by atoms with Crippen molar-refractivity contribution < 1.29 is 13.2 Å². The van der Waals surface area contributed by atoms with Crippen molar-refractivity contribution in [2.24, 2.45) is 0 Å². The molecule has 0 unspecified atom stereocenters. The summed E-state index contributed by atoms with van der Waals surface area (Å²) in [6.45, 7) is 7.65. The van der Waals surface area contributed by atoms with Gasteiger partial charge >= 0.3 is 0 Å². The number of benzene rings is 2. The summed E-state index contributed by atoms with van der Waals surface area (Å²) in [6, 6.07) is 11.3. The Balaban J connectivity index is 0.00000117. The van der Waals surface area contributed by atoms with Crippen LogP contribution in [0, 0.1) is 11.6 Å². The average Bonchev–Trinajstić information content (AvgIpc) is 2.63. The van der Waals surface area contributed by atoms with E-state index in [9.17, 15) is 13.2 Å². The number of nitrogens with zero attached hydrogens (tertiary/aromatic N) is 1. The quantitative estimate of drug-likeness (QED) is 0.507. The third kappa shape index (κ3) is 3.78. The lowest BCUT2D eigenvalue weighted by atomic mass is 9.94. The monoisotopic (exact) mass is 421 g/mol. The van der Waals surface area contributed by atoms with Gasteiger partial charge in [0.1, 0.15) is 17.5 Å². The van der Waals surface area contributed by atoms with Crippen LogP contribution in [0.4, 0.5) is 13.2 Å². The number of allylic oxidation sites excluding steroid dienone is 3. The van der Waals surface area contributed by atoms with E-state index in [1.807, 2.05) is 19.9 Å². The van der Waals surface area contributed by atoms with Crippen molar-refractivity contribution in [3.8, 4) is 0 Å². The molecule has 0 fully saturated rings. The van der Waals surface area contributed by atoms with E-state index in [-0.39, 0.29) is 17.0 Å². The predicted octanol–water partition coefficient (Wildman–Crippen LogP) is 6.93. The molecule has 0 bridgehead atoms. The van der Waals surface area contributed by atoms with Crippen LogP contribution in [-0.4, -0.2) is 11.9 Å². The Labute approximate surface area is 160 Å². The minimum absolute atomic E-state index is 0.0476. The number of hydrogen-bond acceptors (Lipinski definition) is 1. The lowest BCUT2D eigenvalue weighted by Crippen LogP contribution is -2.22. The average molecular weight is 422 g/mol. The Morgan fingerprint density at radius 2 is 1.50 bits per heavy atom. The van der Waals surface area contributed by atoms with Gasteiger partial charge in [-0.1, -0.05) is 66.7 Å². The maximum atomic E-state index is 14.5. The number of likely N-dealkylation sites (N-methyl/N-ethyl adjacent to an activating group) is 1. The maximum Gasteiger partial charge on any atom is 0.146 e. The molecule has 1 aliphatic heterocycles. The molecule has 5 heteroatoms. The van der Waals surface area contributed by atoms with Gasteiger partial charge in [0, 0.05) is 17.1 Å². The summed E-state index contributed by atoms with van der Waals surface area (Å²) in [5.41, 5.74) is 1.11. The largest absolute Gasteiger partial charge is 0.342 e. The summed E-state index contributed by atoms with van der Waals surface area (Å²) >= 11 is 3.07. The fourth-order valence-electron chi connectivity index (χ4n) is 2.66. The fraction of sp³-hybridized carbons (Fsp3) is 0.143. The van der Waals surface area contributed by atoms with Crippen molar-refractivity contribution in [2.75, 3.05) is 7.05 Å². The zero-order valence-electron chi connectivity index (χ0n) is 14.8. The van der Waals surface area contributed by atoms with Crippen LogP contribution in [0.2, 0.25) is 0 Å². The van der Waals surface area contributed by atoms with Gasteiger partial charge in [-0.25, -0.2) is 13.2 Å². The second-order valence-corrected chi connectivity index (χ2v) is 6.29. The van der Waals surface area contributed by atoms with Gasteiger partial charge in [-0.05, 0) is 23.8 Å². The molecular formula is C21H19BrF3N. The highest BCUT2D eigenvalue weighted by atomic mass is 79.9. The van der Waals surface area contributed by atoms with E-state index in [4.69, 9.17) is 0 Å². The molecule has 0 amide bonds. The Bertz CT molecular complexity index is 862. The van der Waals surface area contributed by atoms with Gasteiger partial charge in [0.25, 0.3) is 0 Å². The van der Waals surface area contributed by atoms with E-state index >= 15 is 0 Å². The van der Waals surface area contributed by atoms with Crippen LogP contribution in [0.15, 0.2) is 71.1 Å². The van der Waals surface area contributed by atoms with Gasteiger partial charge in [-0.2, -0.15) is 0 Å². The second kappa shape index (κ2) is 8.41. The molecule has 2 aromatic carbocycles. The number of hydrogen-bond donors (Lipinski definition) is 0. The predicted molar refractivity (Wildman–Crippen MR) is 105 cm³/mol. The Morgan fingerprint density at radius 3 is 2.04 bits per heavy atom. The Morgan fingerprint density at radius 1 is 0.962 bits per heavy atom. The van der Waals surface area contributed by atoms with Gasteiger partial charge in [-0.15, -0.1) is 0 Å². The van der Waals surface area contributed by atoms with E-state index in [2.05, 4.69) is 22.5 Å². The Hall–Kier alpha value is -2.27. The fourth-order valence-corrected chi connectivity index (χ4v) is 3.06. The first-order valence-electron chi connectivity index (χ1n) is 8.15. The highest BCUT2D eigenvalue weighted by molar-refractivity contribution is 9.10. The zero-order chi connectivity index (χ0) is 19.4. The van der Waals surface area contributed by atoms with E-state index in [0.717, 1.165) is 0 Å². The molecular weight excluding hydrogens is 403 g/mol. The lowest BCUT2D eigenvalue weighted by Gasteiger charge is -2.30. The topological polar surface area (TPSA) is 3.24 Å². The van der Waals surface area contributed by atoms with Crippen molar-refractivity contribution in [1.82, 2.24) is 4.90 Å². The van der Waals surface area contributed by atoms with Gasteiger partial charge in [-0.3, -0.25) is 0 Å². The molecule has 0 radical (unpaired) electrons. The van der Waals surface area contributed by atoms with E-state index in [0.29, 0.717) is 15.6 Å². The highest BCUT2D eigenvalue weighted by Gasteiger charge is 2.28. The van der Waals surface area contributed by atoms with Crippen molar-refractivity contribution in [1.29, 1.82) is 0 Å². The molecule has 26 heavy (non-hydrogen) atoms. The molecule has 0 aromatic heterocycles. The minimum atomic E-state index is -0.735. The molecule has 1 heterocycles. The van der Waals surface area contributed by atoms with Gasteiger partial charge in [0.2, 0.25) is 0 Å². The first kappa shape index (κ1) is 20.0. The molecule has 0 aliphatic carbocycles. The van der Waals surface area contributed by atoms with Crippen molar-refractivity contribution in [3.63, 3.8) is 0 Å². The SMILES string of the molecule is C=C1C(F)=CC(c2ccccc2)=C(c2c(F)cc(Br)cc2F)N1C.CC. The Kier molecular flexibility index (Phi) is 6.48. The molecule has 1 nitrogen and oxygen atoms in total. The van der Waals surface area contributed by atoms with Gasteiger partial charge < -0.3 is 4.90 Å². The number of rotatable bonds is 2. The molecule has 2 aromatic rings. The van der Waals surface area contributed by atoms with Crippen molar-refractivity contribution >= 4 is 27.2 Å². The smallest absolute Gasteiger partial charge is 0.146 e. The molecule has 0 N–H and O–H groups in total. The van der Waals surface area contributed by atoms with Crippen LogP contribution >= 0.6 is 15.9 Å². The van der Waals surface area contributed by atoms with Crippen LogP contribution < -0.4 is 0 Å². The molecule has 0 atom stereocenters. The van der Waals surface area contributed by atoms with Crippen LogP contribution in [-0.2, 0) is 0 Å². The molecule has 3 rings (SSSR count). The third-order valence-electron chi connectivity index (χ3n) is 3.87. The van der Waals surface area contributed by atoms with Gasteiger partial charge in [0.15, 0.2) is 0 Å². The summed E-state index contributed by atoms with van der Waals surface area (Å²) in [5.74, 6) is -2.01. The van der Waals surface area contributed by atoms with Crippen LogP contribution in [0.5, 0.6) is 0 Å². The third-order valence-corrected chi connectivity index (χ3v) is 4.33. The lowest BCUT2D eigenvalue weighted by molar-refractivity contribution is 0.513. The standard InChI is InChI=1S/C19H13BrF3N.C2H6/c1-11-15(21)10-14(12-6-4-3-5-7-12)19(24(11)2)18-16(22)8-13(20)9-17(18)23;1-2/h3-10H,1H2,2H3;1-2H3. The van der Waals surface area contributed by atoms with Crippen LogP contribution in [0.1, 0.15) is 25.0 Å². The molecule has 0 saturated carbocycles. The molecule has 1 aliphatic rings. The number of halogens is 4. The molecule has 0 spiro atoms. The second-order valence-electron chi connectivity index (χ2n) is 5.37. The molecule has 136 valence electrons. The maximum absolute atomic E-state index is 14.5. The van der Waals surface area contributed by atoms with Crippen LogP contribution in [0.3, 0.4) is 0 Å². The van der Waals surface area contributed by atoms with Crippen molar-refractivity contribution in [2.45, 2.75) is 13.8 Å². The summed E-state index contributed by atoms with van der Waals surface area (Å²) in [5, 5.41) is 0. The van der Waals surface area contributed by atoms with Crippen LogP contribution in [0.25, 0.3) is 11.3 Å². The highest BCUT2D eigenvalue weighted by Crippen LogP contribution is 2.40. The first-order chi connectivity index (χ1) is 12.4. The zero-order valence-corrected chi connectivity index (χ0v) is 16.4. The van der Waals surface area contributed by atoms with E-state index < -0.39 is 17.5 Å². The minimum Gasteiger partial charge on any atom is -0.342 e. The van der Waals surface area contributed by atoms with Crippen molar-refractivity contribution in [3.05, 3.63) is 93.9 Å². The summed E-state index contributed by atoms with van der Waals surface area (Å²) in [6.07, 6.45) is 1.26. The summed E-state index contributed by atoms with van der Waals surface area (Å²) in [7, 11) is 1.54. The normalized spacial score (nSPS) is 14.0. The summed E-state index contributed by atoms with van der Waals surface area (Å²) < 4.78 is 43.5. The van der Waals surface area contributed by atoms with E-state index in [1.54, 1.807) is 24.3 Å². The van der Waals surface area contributed by atoms with Gasteiger partial charge in [0.05, 0.1) is 17.0 Å². The summed E-state index contributed by atoms with van der Waals surface area (Å²) in [4.78, 5) is 1.37.